The second kappa shape index (κ2) is 9.57. The van der Waals surface area contributed by atoms with Gasteiger partial charge in [0.2, 0.25) is 0 Å². The minimum Gasteiger partial charge on any atom is -0.480 e. The Labute approximate surface area is 184 Å². The Morgan fingerprint density at radius 3 is 2.84 bits per heavy atom. The molecule has 31 heavy (non-hydrogen) atoms. The number of benzene rings is 1. The van der Waals surface area contributed by atoms with Gasteiger partial charge >= 0.3 is 5.69 Å². The minimum atomic E-state index is -0.833. The van der Waals surface area contributed by atoms with Gasteiger partial charge < -0.3 is 20.1 Å². The lowest BCUT2D eigenvalue weighted by Crippen LogP contribution is -2.47. The van der Waals surface area contributed by atoms with Crippen molar-refractivity contribution in [3.8, 4) is 5.75 Å². The predicted octanol–water partition coefficient (Wildman–Crippen LogP) is 1.80. The molecular formula is C21H27ClN4O5. The zero-order valence-electron chi connectivity index (χ0n) is 17.8. The van der Waals surface area contributed by atoms with E-state index >= 15 is 0 Å². The number of ether oxygens (including phenoxy) is 2. The smallest absolute Gasteiger partial charge is 0.330 e. The number of hydrogen-bond acceptors (Lipinski definition) is 6. The number of aromatic amines is 1. The topological polar surface area (TPSA) is 120 Å². The van der Waals surface area contributed by atoms with Crippen LogP contribution in [-0.4, -0.2) is 41.8 Å². The summed E-state index contributed by atoms with van der Waals surface area (Å²) >= 11 is 6.05. The summed E-state index contributed by atoms with van der Waals surface area (Å²) in [5.74, 6) is 0.210. The number of amides is 1. The van der Waals surface area contributed by atoms with Gasteiger partial charge in [-0.05, 0) is 36.1 Å². The SMILES string of the molecule is COCCCN(C(=O)C1Cc2cc(Cl)ccc2O1)c1c(N)n(CC(C)C)c(=O)[nH]c1=O. The lowest BCUT2D eigenvalue weighted by atomic mass is 10.1. The molecule has 0 spiro atoms. The Kier molecular flexibility index (Phi) is 7.07. The van der Waals surface area contributed by atoms with Crippen molar-refractivity contribution in [2.75, 3.05) is 30.9 Å². The van der Waals surface area contributed by atoms with Crippen LogP contribution in [0, 0.1) is 5.92 Å². The number of nitrogens with one attached hydrogen (secondary N) is 1. The zero-order chi connectivity index (χ0) is 22.7. The highest BCUT2D eigenvalue weighted by Crippen LogP contribution is 2.32. The van der Waals surface area contributed by atoms with Crippen molar-refractivity contribution in [3.63, 3.8) is 0 Å². The third-order valence-electron chi connectivity index (χ3n) is 5.00. The third-order valence-corrected chi connectivity index (χ3v) is 5.24. The molecule has 2 aromatic rings. The van der Waals surface area contributed by atoms with E-state index in [1.54, 1.807) is 25.3 Å². The summed E-state index contributed by atoms with van der Waals surface area (Å²) < 4.78 is 12.2. The summed E-state index contributed by atoms with van der Waals surface area (Å²) in [4.78, 5) is 42.1. The first-order chi connectivity index (χ1) is 14.7. The van der Waals surface area contributed by atoms with E-state index in [1.165, 1.54) is 9.47 Å². The van der Waals surface area contributed by atoms with E-state index in [0.717, 1.165) is 5.56 Å². The normalized spacial score (nSPS) is 15.1. The molecule has 9 nitrogen and oxygen atoms in total. The van der Waals surface area contributed by atoms with Crippen molar-refractivity contribution in [1.29, 1.82) is 0 Å². The van der Waals surface area contributed by atoms with Crippen molar-refractivity contribution in [2.24, 2.45) is 5.92 Å². The van der Waals surface area contributed by atoms with Crippen LogP contribution in [0.3, 0.4) is 0 Å². The highest BCUT2D eigenvalue weighted by Gasteiger charge is 2.35. The van der Waals surface area contributed by atoms with Gasteiger partial charge in [0.15, 0.2) is 11.8 Å². The Balaban J connectivity index is 1.99. The first-order valence-electron chi connectivity index (χ1n) is 10.1. The summed E-state index contributed by atoms with van der Waals surface area (Å²) in [5, 5.41) is 0.550. The molecule has 1 aliphatic heterocycles. The fourth-order valence-corrected chi connectivity index (χ4v) is 3.81. The highest BCUT2D eigenvalue weighted by atomic mass is 35.5. The lowest BCUT2D eigenvalue weighted by molar-refractivity contribution is -0.124. The van der Waals surface area contributed by atoms with Crippen molar-refractivity contribution < 1.29 is 14.3 Å². The molecule has 3 rings (SSSR count). The highest BCUT2D eigenvalue weighted by molar-refractivity contribution is 6.30. The van der Waals surface area contributed by atoms with E-state index < -0.39 is 23.3 Å². The zero-order valence-corrected chi connectivity index (χ0v) is 18.6. The molecule has 1 unspecified atom stereocenters. The largest absolute Gasteiger partial charge is 0.480 e. The molecule has 2 heterocycles. The fraction of sp³-hybridized carbons (Fsp3) is 0.476. The van der Waals surface area contributed by atoms with E-state index in [4.69, 9.17) is 26.8 Å². The molecule has 0 bridgehead atoms. The number of nitrogens with two attached hydrogens (primary N) is 1. The number of halogens is 1. The van der Waals surface area contributed by atoms with Gasteiger partial charge in [-0.25, -0.2) is 4.79 Å². The number of anilines is 2. The Hall–Kier alpha value is -2.78. The number of rotatable bonds is 8. The van der Waals surface area contributed by atoms with Crippen LogP contribution >= 0.6 is 11.6 Å². The predicted molar refractivity (Wildman–Crippen MR) is 119 cm³/mol. The number of carbonyl (C=O) groups is 1. The minimum absolute atomic E-state index is 0.0493. The third kappa shape index (κ3) is 4.94. The van der Waals surface area contributed by atoms with Crippen LogP contribution in [0.4, 0.5) is 11.5 Å². The molecule has 168 valence electrons. The number of nitrogens with zero attached hydrogens (tertiary/aromatic N) is 2. The number of nitrogen functional groups attached to an aromatic ring is 1. The molecule has 3 N–H and O–H groups in total. The Morgan fingerprint density at radius 1 is 1.42 bits per heavy atom. The maximum atomic E-state index is 13.4. The number of hydrogen-bond donors (Lipinski definition) is 2. The summed E-state index contributed by atoms with van der Waals surface area (Å²) in [7, 11) is 1.55. The number of H-pyrrole nitrogens is 1. The van der Waals surface area contributed by atoms with Crippen molar-refractivity contribution in [3.05, 3.63) is 49.6 Å². The van der Waals surface area contributed by atoms with Gasteiger partial charge in [-0.15, -0.1) is 0 Å². The van der Waals surface area contributed by atoms with Crippen LogP contribution < -0.4 is 26.6 Å². The maximum absolute atomic E-state index is 13.4. The summed E-state index contributed by atoms with van der Waals surface area (Å²) in [5.41, 5.74) is 5.67. The van der Waals surface area contributed by atoms with Crippen molar-refractivity contribution in [1.82, 2.24) is 9.55 Å². The molecule has 1 atom stereocenters. The van der Waals surface area contributed by atoms with E-state index in [9.17, 15) is 14.4 Å². The van der Waals surface area contributed by atoms with Crippen molar-refractivity contribution in [2.45, 2.75) is 39.3 Å². The van der Waals surface area contributed by atoms with Crippen LogP contribution in [0.15, 0.2) is 27.8 Å². The lowest BCUT2D eigenvalue weighted by Gasteiger charge is -2.27. The monoisotopic (exact) mass is 450 g/mol. The number of methoxy groups -OCH3 is 1. The molecule has 0 fully saturated rings. The first kappa shape index (κ1) is 22.9. The van der Waals surface area contributed by atoms with E-state index in [1.807, 2.05) is 13.8 Å². The maximum Gasteiger partial charge on any atom is 0.330 e. The Morgan fingerprint density at radius 2 is 2.16 bits per heavy atom. The Bertz CT molecular complexity index is 1080. The number of aromatic nitrogens is 2. The van der Waals surface area contributed by atoms with Gasteiger partial charge in [-0.2, -0.15) is 0 Å². The molecule has 1 aromatic heterocycles. The molecule has 10 heteroatoms. The number of fused-ring (bicyclic) bond motifs is 1. The van der Waals surface area contributed by atoms with Gasteiger partial charge in [0.05, 0.1) is 0 Å². The molecule has 0 saturated heterocycles. The van der Waals surface area contributed by atoms with Crippen LogP contribution in [0.2, 0.25) is 5.02 Å². The van der Waals surface area contributed by atoms with E-state index in [2.05, 4.69) is 4.98 Å². The van der Waals surface area contributed by atoms with Gasteiger partial charge in [-0.1, -0.05) is 25.4 Å². The standard InChI is InChI=1S/C21H27ClN4O5/c1-12(2)11-26-18(23)17(19(27)24-21(26)29)25(7-4-8-30-3)20(28)16-10-13-9-14(22)5-6-15(13)31-16/h5-6,9,12,16H,4,7-8,10-11,23H2,1-3H3,(H,24,27,29). The van der Waals surface area contributed by atoms with Crippen molar-refractivity contribution >= 4 is 29.0 Å². The molecule has 0 aliphatic carbocycles. The molecule has 1 amide bonds. The van der Waals surface area contributed by atoms with Gasteiger partial charge in [-0.3, -0.25) is 19.1 Å². The summed E-state index contributed by atoms with van der Waals surface area (Å²) in [6.07, 6.45) is -0.0465. The van der Waals surface area contributed by atoms with Crippen LogP contribution in [0.1, 0.15) is 25.8 Å². The van der Waals surface area contributed by atoms with Crippen LogP contribution in [0.5, 0.6) is 5.75 Å². The van der Waals surface area contributed by atoms with Crippen LogP contribution in [-0.2, 0) is 22.5 Å². The quantitative estimate of drug-likeness (QED) is 0.592. The van der Waals surface area contributed by atoms with Gasteiger partial charge in [0, 0.05) is 38.2 Å². The molecule has 0 radical (unpaired) electrons. The fourth-order valence-electron chi connectivity index (χ4n) is 3.61. The van der Waals surface area contributed by atoms with E-state index in [-0.39, 0.29) is 24.0 Å². The molecule has 1 aliphatic rings. The summed E-state index contributed by atoms with van der Waals surface area (Å²) in [6.45, 7) is 4.71. The van der Waals surface area contributed by atoms with E-state index in [0.29, 0.717) is 36.8 Å². The van der Waals surface area contributed by atoms with Gasteiger partial charge in [0.25, 0.3) is 11.5 Å². The molecule has 1 aromatic carbocycles. The van der Waals surface area contributed by atoms with Crippen LogP contribution in [0.25, 0.3) is 0 Å². The second-order valence-corrected chi connectivity index (χ2v) is 8.33. The first-order valence-corrected chi connectivity index (χ1v) is 10.5. The molecular weight excluding hydrogens is 424 g/mol. The summed E-state index contributed by atoms with van der Waals surface area (Å²) in [6, 6.07) is 5.15. The average Bonchev–Trinajstić information content (AvgIpc) is 3.12. The second-order valence-electron chi connectivity index (χ2n) is 7.90. The average molecular weight is 451 g/mol. The van der Waals surface area contributed by atoms with Gasteiger partial charge in [0.1, 0.15) is 11.6 Å². The molecule has 0 saturated carbocycles. The number of carbonyl (C=O) groups excluding carboxylic acids is 1.